The van der Waals surface area contributed by atoms with Gasteiger partial charge in [-0.15, -0.1) is 0 Å². The van der Waals surface area contributed by atoms with Crippen LogP contribution in [0.1, 0.15) is 86.0 Å². The fourth-order valence-electron chi connectivity index (χ4n) is 4.35. The summed E-state index contributed by atoms with van der Waals surface area (Å²) < 4.78 is 5.00. The Hall–Kier alpha value is -1.83. The summed E-state index contributed by atoms with van der Waals surface area (Å²) in [6.07, 6.45) is 20.5. The van der Waals surface area contributed by atoms with Gasteiger partial charge < -0.3 is 4.74 Å². The first kappa shape index (κ1) is 22.5. The maximum Gasteiger partial charge on any atom is 0.330 e. The Balaban J connectivity index is 2.25. The molecule has 2 aliphatic carbocycles. The van der Waals surface area contributed by atoms with Gasteiger partial charge in [0.25, 0.3) is 0 Å². The molecule has 2 rings (SSSR count). The van der Waals surface area contributed by atoms with Crippen molar-refractivity contribution < 1.29 is 9.53 Å². The van der Waals surface area contributed by atoms with Gasteiger partial charge in [0.05, 0.1) is 6.61 Å². The Kier molecular flexibility index (Phi) is 8.54. The fourth-order valence-corrected chi connectivity index (χ4v) is 4.35. The predicted molar refractivity (Wildman–Crippen MR) is 119 cm³/mol. The van der Waals surface area contributed by atoms with Crippen LogP contribution in [-0.4, -0.2) is 12.6 Å². The zero-order valence-electron chi connectivity index (χ0n) is 18.6. The van der Waals surface area contributed by atoms with E-state index in [4.69, 9.17) is 4.74 Å². The summed E-state index contributed by atoms with van der Waals surface area (Å²) in [4.78, 5) is 11.6. The van der Waals surface area contributed by atoms with Gasteiger partial charge in [-0.25, -0.2) is 4.79 Å². The molecular formula is C26H38O2. The Morgan fingerprint density at radius 3 is 2.32 bits per heavy atom. The molecule has 0 aromatic rings. The third-order valence-electron chi connectivity index (χ3n) is 5.98. The van der Waals surface area contributed by atoms with Crippen LogP contribution < -0.4 is 0 Å². The molecule has 2 heteroatoms. The van der Waals surface area contributed by atoms with Crippen molar-refractivity contribution in [1.29, 1.82) is 0 Å². The number of hydrogen-bond acceptors (Lipinski definition) is 2. The normalized spacial score (nSPS) is 21.5. The molecular weight excluding hydrogens is 344 g/mol. The van der Waals surface area contributed by atoms with Crippen LogP contribution in [0.15, 0.2) is 58.2 Å². The molecule has 0 unspecified atom stereocenters. The van der Waals surface area contributed by atoms with E-state index in [1.807, 2.05) is 13.8 Å². The Morgan fingerprint density at radius 2 is 1.68 bits per heavy atom. The highest BCUT2D eigenvalue weighted by molar-refractivity contribution is 5.83. The molecule has 0 aliphatic heterocycles. The predicted octanol–water partition coefficient (Wildman–Crippen LogP) is 7.40. The summed E-state index contributed by atoms with van der Waals surface area (Å²) >= 11 is 0. The van der Waals surface area contributed by atoms with E-state index in [-0.39, 0.29) is 11.4 Å². The Bertz CT molecular complexity index is 711. The van der Waals surface area contributed by atoms with E-state index >= 15 is 0 Å². The van der Waals surface area contributed by atoms with Crippen molar-refractivity contribution in [2.24, 2.45) is 5.41 Å². The largest absolute Gasteiger partial charge is 0.463 e. The number of esters is 1. The van der Waals surface area contributed by atoms with Crippen molar-refractivity contribution >= 4 is 5.97 Å². The van der Waals surface area contributed by atoms with Crippen LogP contribution in [0.3, 0.4) is 0 Å². The van der Waals surface area contributed by atoms with Crippen LogP contribution in [0, 0.1) is 5.41 Å². The van der Waals surface area contributed by atoms with Gasteiger partial charge in [-0.2, -0.15) is 0 Å². The minimum atomic E-state index is -0.262. The van der Waals surface area contributed by atoms with Crippen LogP contribution in [0.4, 0.5) is 0 Å². The van der Waals surface area contributed by atoms with Crippen molar-refractivity contribution in [3.63, 3.8) is 0 Å². The molecule has 28 heavy (non-hydrogen) atoms. The van der Waals surface area contributed by atoms with E-state index in [2.05, 4.69) is 45.1 Å². The molecule has 0 N–H and O–H groups in total. The van der Waals surface area contributed by atoms with Crippen molar-refractivity contribution in [2.45, 2.75) is 86.0 Å². The molecule has 0 radical (unpaired) electrons. The summed E-state index contributed by atoms with van der Waals surface area (Å²) in [5.74, 6) is -0.262. The van der Waals surface area contributed by atoms with Gasteiger partial charge in [-0.05, 0) is 93.4 Å². The molecule has 0 saturated carbocycles. The van der Waals surface area contributed by atoms with E-state index in [0.29, 0.717) is 6.61 Å². The Labute approximate surface area is 172 Å². The highest BCUT2D eigenvalue weighted by Crippen LogP contribution is 2.41. The van der Waals surface area contributed by atoms with Gasteiger partial charge >= 0.3 is 5.97 Å². The standard InChI is InChI=1S/C26H38O2/c1-6-28-25(27)19-20(2)14-15-22-12-8-7-9-13-23(22)16-17-24-21(3)11-10-18-26(24,4)5/h14-17,19H,6-13,18H2,1-5H3/b15-14+,17-16+,20-19+. The second-order valence-electron chi connectivity index (χ2n) is 8.85. The van der Waals surface area contributed by atoms with Crippen LogP contribution in [0.25, 0.3) is 0 Å². The second kappa shape index (κ2) is 10.6. The van der Waals surface area contributed by atoms with E-state index in [9.17, 15) is 4.79 Å². The molecule has 154 valence electrons. The third kappa shape index (κ3) is 6.65. The lowest BCUT2D eigenvalue weighted by Crippen LogP contribution is -2.19. The lowest BCUT2D eigenvalue weighted by atomic mass is 9.72. The minimum Gasteiger partial charge on any atom is -0.463 e. The molecule has 0 spiro atoms. The SMILES string of the molecule is CCOC(=O)/C=C(C)/C=C/C1=C(/C=C/C2=C(C)CCCC2(C)C)CCCCC1. The average molecular weight is 383 g/mol. The molecule has 0 amide bonds. The van der Waals surface area contributed by atoms with Gasteiger partial charge in [-0.3, -0.25) is 0 Å². The van der Waals surface area contributed by atoms with Crippen LogP contribution >= 0.6 is 0 Å². The molecule has 2 nitrogen and oxygen atoms in total. The molecule has 0 bridgehead atoms. The van der Waals surface area contributed by atoms with Gasteiger partial charge in [0.1, 0.15) is 0 Å². The lowest BCUT2D eigenvalue weighted by Gasteiger charge is -2.33. The zero-order valence-corrected chi connectivity index (χ0v) is 18.6. The van der Waals surface area contributed by atoms with Gasteiger partial charge in [0, 0.05) is 6.08 Å². The van der Waals surface area contributed by atoms with E-state index in [1.165, 1.54) is 55.2 Å². The third-order valence-corrected chi connectivity index (χ3v) is 5.98. The van der Waals surface area contributed by atoms with Crippen molar-refractivity contribution in [3.8, 4) is 0 Å². The number of rotatable bonds is 6. The summed E-state index contributed by atoms with van der Waals surface area (Å²) in [6, 6.07) is 0. The van der Waals surface area contributed by atoms with Crippen molar-refractivity contribution in [3.05, 3.63) is 58.2 Å². The van der Waals surface area contributed by atoms with Crippen LogP contribution in [0.5, 0.6) is 0 Å². The molecule has 0 heterocycles. The number of ether oxygens (including phenoxy) is 1. The van der Waals surface area contributed by atoms with Gasteiger partial charge in [0.15, 0.2) is 0 Å². The quantitative estimate of drug-likeness (QED) is 0.272. The highest BCUT2D eigenvalue weighted by atomic mass is 16.5. The van der Waals surface area contributed by atoms with Crippen molar-refractivity contribution in [1.82, 2.24) is 0 Å². The lowest BCUT2D eigenvalue weighted by molar-refractivity contribution is -0.137. The summed E-state index contributed by atoms with van der Waals surface area (Å²) in [6.45, 7) is 11.3. The minimum absolute atomic E-state index is 0.262. The zero-order chi connectivity index (χ0) is 20.6. The molecule has 0 saturated heterocycles. The molecule has 0 aromatic carbocycles. The van der Waals surface area contributed by atoms with E-state index < -0.39 is 0 Å². The first-order valence-corrected chi connectivity index (χ1v) is 11.0. The summed E-state index contributed by atoms with van der Waals surface area (Å²) in [5, 5.41) is 0. The highest BCUT2D eigenvalue weighted by Gasteiger charge is 2.26. The first-order chi connectivity index (χ1) is 13.3. The fraction of sp³-hybridized carbons (Fsp3) is 0.577. The maximum atomic E-state index is 11.6. The number of carbonyl (C=O) groups is 1. The number of hydrogen-bond donors (Lipinski definition) is 0. The van der Waals surface area contributed by atoms with Crippen LogP contribution in [0.2, 0.25) is 0 Å². The van der Waals surface area contributed by atoms with Gasteiger partial charge in [0.2, 0.25) is 0 Å². The molecule has 0 atom stereocenters. The topological polar surface area (TPSA) is 26.3 Å². The first-order valence-electron chi connectivity index (χ1n) is 11.0. The summed E-state index contributed by atoms with van der Waals surface area (Å²) in [5.41, 5.74) is 7.16. The number of allylic oxidation sites excluding steroid dienone is 9. The second-order valence-corrected chi connectivity index (χ2v) is 8.85. The summed E-state index contributed by atoms with van der Waals surface area (Å²) in [7, 11) is 0. The average Bonchev–Trinajstić information content (AvgIpc) is 2.84. The smallest absolute Gasteiger partial charge is 0.330 e. The van der Waals surface area contributed by atoms with Gasteiger partial charge in [-0.1, -0.05) is 50.1 Å². The van der Waals surface area contributed by atoms with E-state index in [0.717, 1.165) is 18.4 Å². The molecule has 2 aliphatic rings. The van der Waals surface area contributed by atoms with Crippen molar-refractivity contribution in [2.75, 3.05) is 6.61 Å². The number of carbonyl (C=O) groups excluding carboxylic acids is 1. The molecule has 0 aromatic heterocycles. The van der Waals surface area contributed by atoms with E-state index in [1.54, 1.807) is 11.6 Å². The van der Waals surface area contributed by atoms with Crippen LogP contribution in [-0.2, 0) is 9.53 Å². The maximum absolute atomic E-state index is 11.6. The Morgan fingerprint density at radius 1 is 1.00 bits per heavy atom. The monoisotopic (exact) mass is 382 g/mol. The molecule has 0 fully saturated rings.